The van der Waals surface area contributed by atoms with Gasteiger partial charge in [0.2, 0.25) is 0 Å². The first-order valence-electron chi connectivity index (χ1n) is 5.13. The van der Waals surface area contributed by atoms with Gasteiger partial charge < -0.3 is 5.73 Å². The number of halogens is 2. The van der Waals surface area contributed by atoms with Crippen molar-refractivity contribution in [2.45, 2.75) is 32.2 Å². The van der Waals surface area contributed by atoms with Crippen LogP contribution in [0, 0.1) is 5.82 Å². The lowest BCUT2D eigenvalue weighted by Crippen LogP contribution is -2.45. The fourth-order valence-corrected chi connectivity index (χ4v) is 1.64. The lowest BCUT2D eigenvalue weighted by atomic mass is 9.90. The molecule has 0 saturated heterocycles. The first-order valence-corrected chi connectivity index (χ1v) is 5.92. The molecule has 0 saturated carbocycles. The zero-order valence-electron chi connectivity index (χ0n) is 9.39. The molecule has 88 valence electrons. The van der Waals surface area contributed by atoms with Crippen LogP contribution in [0.2, 0.25) is 0 Å². The van der Waals surface area contributed by atoms with Gasteiger partial charge in [-0.1, -0.05) is 22.9 Å². The van der Waals surface area contributed by atoms with Gasteiger partial charge in [0.1, 0.15) is 5.82 Å². The molecule has 0 fully saturated rings. The zero-order valence-corrected chi connectivity index (χ0v) is 11.0. The molecule has 0 aliphatic carbocycles. The Hall–Kier alpha value is -0.740. The first kappa shape index (κ1) is 13.3. The molecule has 1 atom stereocenters. The number of hydrogen-bond donors (Lipinski definition) is 1. The minimum absolute atomic E-state index is 0.0821. The molecule has 0 bridgehead atoms. The van der Waals surface area contributed by atoms with Crippen molar-refractivity contribution < 1.29 is 9.18 Å². The molecule has 2 nitrogen and oxygen atoms in total. The molecule has 0 aromatic heterocycles. The summed E-state index contributed by atoms with van der Waals surface area (Å²) in [7, 11) is 0. The normalized spacial score (nSPS) is 14.6. The van der Waals surface area contributed by atoms with E-state index < -0.39 is 5.54 Å². The Morgan fingerprint density at radius 3 is 2.75 bits per heavy atom. The van der Waals surface area contributed by atoms with Crippen molar-refractivity contribution in [3.8, 4) is 0 Å². The maximum Gasteiger partial charge on any atom is 0.156 e. The highest BCUT2D eigenvalue weighted by molar-refractivity contribution is 9.10. The number of rotatable bonds is 4. The quantitative estimate of drug-likeness (QED) is 0.925. The minimum atomic E-state index is -0.842. The van der Waals surface area contributed by atoms with E-state index in [0.29, 0.717) is 12.0 Å². The molecule has 2 N–H and O–H groups in total. The van der Waals surface area contributed by atoms with E-state index in [4.69, 9.17) is 5.73 Å². The standard InChI is InChI=1S/C12H15BrFNO/c1-3-12(2,15)11(16)7-8-6-9(14)4-5-10(8)13/h4-6H,3,7,15H2,1-2H3. The average Bonchev–Trinajstić information content (AvgIpc) is 2.23. The van der Waals surface area contributed by atoms with Gasteiger partial charge in [0, 0.05) is 10.9 Å². The molecule has 16 heavy (non-hydrogen) atoms. The first-order chi connectivity index (χ1) is 7.36. The van der Waals surface area contributed by atoms with E-state index in [1.54, 1.807) is 13.0 Å². The van der Waals surface area contributed by atoms with Crippen LogP contribution in [0.4, 0.5) is 4.39 Å². The summed E-state index contributed by atoms with van der Waals surface area (Å²) in [5.74, 6) is -0.428. The number of nitrogens with two attached hydrogens (primary N) is 1. The van der Waals surface area contributed by atoms with Crippen molar-refractivity contribution in [1.29, 1.82) is 0 Å². The van der Waals surface area contributed by atoms with Crippen LogP contribution in [0.3, 0.4) is 0 Å². The van der Waals surface area contributed by atoms with Crippen LogP contribution in [-0.4, -0.2) is 11.3 Å². The van der Waals surface area contributed by atoms with Gasteiger partial charge in [0.05, 0.1) is 5.54 Å². The van der Waals surface area contributed by atoms with Crippen LogP contribution in [0.1, 0.15) is 25.8 Å². The fraction of sp³-hybridized carbons (Fsp3) is 0.417. The summed E-state index contributed by atoms with van der Waals surface area (Å²) >= 11 is 3.29. The summed E-state index contributed by atoms with van der Waals surface area (Å²) in [4.78, 5) is 11.9. The third-order valence-electron chi connectivity index (χ3n) is 2.73. The number of benzene rings is 1. The highest BCUT2D eigenvalue weighted by Gasteiger charge is 2.26. The van der Waals surface area contributed by atoms with Crippen molar-refractivity contribution in [3.05, 3.63) is 34.1 Å². The summed E-state index contributed by atoms with van der Waals surface area (Å²) in [5.41, 5.74) is 5.63. The van der Waals surface area contributed by atoms with Gasteiger partial charge >= 0.3 is 0 Å². The lowest BCUT2D eigenvalue weighted by Gasteiger charge is -2.21. The van der Waals surface area contributed by atoms with Crippen molar-refractivity contribution in [2.75, 3.05) is 0 Å². The van der Waals surface area contributed by atoms with Gasteiger partial charge in [-0.05, 0) is 37.1 Å². The Kier molecular flexibility index (Phi) is 4.21. The van der Waals surface area contributed by atoms with Gasteiger partial charge in [-0.2, -0.15) is 0 Å². The zero-order chi connectivity index (χ0) is 12.3. The predicted molar refractivity (Wildman–Crippen MR) is 65.7 cm³/mol. The average molecular weight is 288 g/mol. The van der Waals surface area contributed by atoms with E-state index in [-0.39, 0.29) is 18.0 Å². The van der Waals surface area contributed by atoms with Gasteiger partial charge in [0.15, 0.2) is 5.78 Å². The van der Waals surface area contributed by atoms with E-state index in [9.17, 15) is 9.18 Å². The topological polar surface area (TPSA) is 43.1 Å². The Morgan fingerprint density at radius 2 is 2.19 bits per heavy atom. The minimum Gasteiger partial charge on any atom is -0.319 e. The van der Waals surface area contributed by atoms with Crippen molar-refractivity contribution in [1.82, 2.24) is 0 Å². The van der Waals surface area contributed by atoms with Gasteiger partial charge in [-0.15, -0.1) is 0 Å². The number of Topliss-reactive ketones (excluding diaryl/α,β-unsaturated/α-hetero) is 1. The molecule has 1 unspecified atom stereocenters. The predicted octanol–water partition coefficient (Wildman–Crippen LogP) is 2.83. The maximum atomic E-state index is 13.0. The van der Waals surface area contributed by atoms with E-state index in [1.807, 2.05) is 6.92 Å². The second-order valence-corrected chi connectivity index (χ2v) is 4.96. The Morgan fingerprint density at radius 1 is 1.56 bits per heavy atom. The van der Waals surface area contributed by atoms with Crippen LogP contribution in [-0.2, 0) is 11.2 Å². The maximum absolute atomic E-state index is 13.0. The molecule has 0 aliphatic heterocycles. The van der Waals surface area contributed by atoms with E-state index >= 15 is 0 Å². The van der Waals surface area contributed by atoms with Crippen LogP contribution < -0.4 is 5.73 Å². The third kappa shape index (κ3) is 3.12. The molecule has 0 heterocycles. The highest BCUT2D eigenvalue weighted by Crippen LogP contribution is 2.20. The second kappa shape index (κ2) is 5.06. The van der Waals surface area contributed by atoms with Gasteiger partial charge in [0.25, 0.3) is 0 Å². The number of ketones is 1. The summed E-state index contributed by atoms with van der Waals surface area (Å²) in [6.45, 7) is 3.56. The van der Waals surface area contributed by atoms with Gasteiger partial charge in [-0.25, -0.2) is 4.39 Å². The summed E-state index contributed by atoms with van der Waals surface area (Å²) in [5, 5.41) is 0. The fourth-order valence-electron chi connectivity index (χ4n) is 1.25. The molecule has 1 aromatic carbocycles. The molecule has 0 amide bonds. The molecule has 1 aromatic rings. The van der Waals surface area contributed by atoms with Gasteiger partial charge in [-0.3, -0.25) is 4.79 Å². The second-order valence-electron chi connectivity index (χ2n) is 4.11. The van der Waals surface area contributed by atoms with E-state index in [2.05, 4.69) is 15.9 Å². The Balaban J connectivity index is 2.89. The third-order valence-corrected chi connectivity index (χ3v) is 3.50. The Bertz CT molecular complexity index is 404. The monoisotopic (exact) mass is 287 g/mol. The molecule has 0 aliphatic rings. The van der Waals surface area contributed by atoms with E-state index in [1.165, 1.54) is 12.1 Å². The van der Waals surface area contributed by atoms with E-state index in [0.717, 1.165) is 4.47 Å². The van der Waals surface area contributed by atoms with Crippen molar-refractivity contribution in [3.63, 3.8) is 0 Å². The number of carbonyl (C=O) groups excluding carboxylic acids is 1. The highest BCUT2D eigenvalue weighted by atomic mass is 79.9. The number of carbonyl (C=O) groups is 1. The van der Waals surface area contributed by atoms with Crippen molar-refractivity contribution in [2.24, 2.45) is 5.73 Å². The summed E-state index contributed by atoms with van der Waals surface area (Å²) in [6.07, 6.45) is 0.720. The van der Waals surface area contributed by atoms with Crippen LogP contribution in [0.5, 0.6) is 0 Å². The summed E-state index contributed by atoms with van der Waals surface area (Å²) < 4.78 is 13.7. The molecule has 1 rings (SSSR count). The molecular weight excluding hydrogens is 273 g/mol. The Labute approximate surface area is 103 Å². The van der Waals surface area contributed by atoms with Crippen LogP contribution >= 0.6 is 15.9 Å². The molecule has 0 radical (unpaired) electrons. The van der Waals surface area contributed by atoms with Crippen LogP contribution in [0.25, 0.3) is 0 Å². The van der Waals surface area contributed by atoms with Crippen LogP contribution in [0.15, 0.2) is 22.7 Å². The lowest BCUT2D eigenvalue weighted by molar-refractivity contribution is -0.123. The molecule has 4 heteroatoms. The molecule has 0 spiro atoms. The summed E-state index contributed by atoms with van der Waals surface area (Å²) in [6, 6.07) is 4.30. The SMILES string of the molecule is CCC(C)(N)C(=O)Cc1cc(F)ccc1Br. The largest absolute Gasteiger partial charge is 0.319 e. The molecular formula is C12H15BrFNO. The number of hydrogen-bond acceptors (Lipinski definition) is 2. The smallest absolute Gasteiger partial charge is 0.156 e. The van der Waals surface area contributed by atoms with Crippen molar-refractivity contribution >= 4 is 21.7 Å².